The first-order valence-corrected chi connectivity index (χ1v) is 6.99. The zero-order valence-electron chi connectivity index (χ0n) is 10.6. The topological polar surface area (TPSA) is 53.4 Å². The number of hydrogen-bond donors (Lipinski definition) is 1. The van der Waals surface area contributed by atoms with Crippen LogP contribution in [0.4, 0.5) is 5.13 Å². The van der Waals surface area contributed by atoms with Crippen molar-refractivity contribution in [2.45, 2.75) is 19.9 Å². The number of rotatable bonds is 2. The van der Waals surface area contributed by atoms with E-state index in [-0.39, 0.29) is 0 Å². The fraction of sp³-hybridized carbons (Fsp3) is 0.286. The predicted octanol–water partition coefficient (Wildman–Crippen LogP) is 2.71. The van der Waals surface area contributed by atoms with E-state index >= 15 is 0 Å². The molecule has 0 fully saturated rings. The number of fused-ring (bicyclic) bond motifs is 1. The van der Waals surface area contributed by atoms with Gasteiger partial charge in [-0.15, -0.1) is 0 Å². The maximum absolute atomic E-state index is 11.1. The number of aromatic nitrogens is 1. The third-order valence-corrected chi connectivity index (χ3v) is 4.59. The van der Waals surface area contributed by atoms with Gasteiger partial charge in [0.15, 0.2) is 5.13 Å². The zero-order chi connectivity index (χ0) is 13.4. The highest BCUT2D eigenvalue weighted by atomic mass is 32.1. The highest BCUT2D eigenvalue weighted by Gasteiger charge is 2.21. The second-order valence-corrected chi connectivity index (χ2v) is 5.63. The Kier molecular flexibility index (Phi) is 2.98. The monoisotopic (exact) mass is 274 g/mol. The second kappa shape index (κ2) is 4.66. The SMILES string of the molecule is Cc1nc(N2CCc3ccccc3C2)sc1C(=O)O. The molecule has 1 aliphatic heterocycles. The highest BCUT2D eigenvalue weighted by molar-refractivity contribution is 7.17. The Morgan fingerprint density at radius 2 is 2.11 bits per heavy atom. The molecule has 3 rings (SSSR count). The maximum atomic E-state index is 11.1. The third kappa shape index (κ3) is 2.21. The molecule has 0 saturated carbocycles. The normalized spacial score (nSPS) is 14.3. The number of aryl methyl sites for hydroxylation is 1. The van der Waals surface area contributed by atoms with Crippen molar-refractivity contribution >= 4 is 22.4 Å². The van der Waals surface area contributed by atoms with Gasteiger partial charge in [-0.1, -0.05) is 35.6 Å². The van der Waals surface area contributed by atoms with E-state index < -0.39 is 5.97 Å². The summed E-state index contributed by atoms with van der Waals surface area (Å²) in [6.45, 7) is 3.45. The average molecular weight is 274 g/mol. The van der Waals surface area contributed by atoms with Gasteiger partial charge in [-0.3, -0.25) is 0 Å². The lowest BCUT2D eigenvalue weighted by Gasteiger charge is -2.28. The smallest absolute Gasteiger partial charge is 0.347 e. The molecule has 0 atom stereocenters. The number of benzene rings is 1. The summed E-state index contributed by atoms with van der Waals surface area (Å²) in [5, 5.41) is 9.90. The molecule has 0 bridgehead atoms. The van der Waals surface area contributed by atoms with E-state index in [4.69, 9.17) is 5.11 Å². The largest absolute Gasteiger partial charge is 0.477 e. The first-order valence-electron chi connectivity index (χ1n) is 6.17. The lowest BCUT2D eigenvalue weighted by molar-refractivity contribution is 0.0701. The van der Waals surface area contributed by atoms with E-state index in [1.165, 1.54) is 22.5 Å². The Bertz CT molecular complexity index is 636. The summed E-state index contributed by atoms with van der Waals surface area (Å²) in [7, 11) is 0. The Morgan fingerprint density at radius 3 is 2.79 bits per heavy atom. The molecule has 0 unspecified atom stereocenters. The number of carboxylic acid groups (broad SMARTS) is 1. The minimum atomic E-state index is -0.890. The summed E-state index contributed by atoms with van der Waals surface area (Å²) in [6, 6.07) is 8.38. The summed E-state index contributed by atoms with van der Waals surface area (Å²) in [5.74, 6) is -0.890. The van der Waals surface area contributed by atoms with Gasteiger partial charge in [0.2, 0.25) is 0 Å². The van der Waals surface area contributed by atoms with Crippen molar-refractivity contribution in [2.75, 3.05) is 11.4 Å². The Morgan fingerprint density at radius 1 is 1.37 bits per heavy atom. The van der Waals surface area contributed by atoms with Gasteiger partial charge in [0.05, 0.1) is 5.69 Å². The number of thiazole rings is 1. The summed E-state index contributed by atoms with van der Waals surface area (Å²) in [4.78, 5) is 18.0. The van der Waals surface area contributed by atoms with Gasteiger partial charge in [-0.25, -0.2) is 9.78 Å². The first kappa shape index (κ1) is 12.2. The predicted molar refractivity (Wildman–Crippen MR) is 75.0 cm³/mol. The van der Waals surface area contributed by atoms with Gasteiger partial charge < -0.3 is 10.0 Å². The van der Waals surface area contributed by atoms with E-state index in [1.54, 1.807) is 6.92 Å². The van der Waals surface area contributed by atoms with Crippen molar-refractivity contribution in [1.29, 1.82) is 0 Å². The molecule has 98 valence electrons. The minimum Gasteiger partial charge on any atom is -0.477 e. The lowest BCUT2D eigenvalue weighted by atomic mass is 10.0. The van der Waals surface area contributed by atoms with Gasteiger partial charge in [0.25, 0.3) is 0 Å². The fourth-order valence-electron chi connectivity index (χ4n) is 2.37. The quantitative estimate of drug-likeness (QED) is 0.915. The number of carbonyl (C=O) groups is 1. The number of carboxylic acids is 1. The molecule has 1 aromatic carbocycles. The van der Waals surface area contributed by atoms with Crippen molar-refractivity contribution in [2.24, 2.45) is 0 Å². The zero-order valence-corrected chi connectivity index (χ0v) is 11.4. The number of hydrogen-bond acceptors (Lipinski definition) is 4. The van der Waals surface area contributed by atoms with Crippen LogP contribution in [0, 0.1) is 6.92 Å². The second-order valence-electron chi connectivity index (χ2n) is 4.66. The van der Waals surface area contributed by atoms with Crippen LogP contribution in [0.1, 0.15) is 26.5 Å². The van der Waals surface area contributed by atoms with Gasteiger partial charge in [0.1, 0.15) is 4.88 Å². The van der Waals surface area contributed by atoms with E-state index in [2.05, 4.69) is 28.1 Å². The molecule has 1 aliphatic rings. The van der Waals surface area contributed by atoms with Crippen molar-refractivity contribution in [3.05, 3.63) is 46.0 Å². The van der Waals surface area contributed by atoms with Crippen molar-refractivity contribution < 1.29 is 9.90 Å². The van der Waals surface area contributed by atoms with E-state index in [1.807, 2.05) is 6.07 Å². The molecule has 19 heavy (non-hydrogen) atoms. The van der Waals surface area contributed by atoms with E-state index in [0.717, 1.165) is 24.6 Å². The molecule has 1 aromatic heterocycles. The number of nitrogens with zero attached hydrogens (tertiary/aromatic N) is 2. The third-order valence-electron chi connectivity index (χ3n) is 3.38. The molecule has 1 N–H and O–H groups in total. The molecule has 4 nitrogen and oxygen atoms in total. The molecule has 0 saturated heterocycles. The van der Waals surface area contributed by atoms with Crippen LogP contribution >= 0.6 is 11.3 Å². The van der Waals surface area contributed by atoms with Crippen LogP contribution in [-0.2, 0) is 13.0 Å². The summed E-state index contributed by atoms with van der Waals surface area (Å²) < 4.78 is 0. The Labute approximate surface area is 115 Å². The van der Waals surface area contributed by atoms with Crippen molar-refractivity contribution in [1.82, 2.24) is 4.98 Å². The van der Waals surface area contributed by atoms with Crippen LogP contribution in [0.2, 0.25) is 0 Å². The van der Waals surface area contributed by atoms with Crippen LogP contribution in [0.15, 0.2) is 24.3 Å². The molecule has 0 radical (unpaired) electrons. The van der Waals surface area contributed by atoms with Gasteiger partial charge in [0, 0.05) is 13.1 Å². The molecule has 0 aliphatic carbocycles. The number of anilines is 1. The first-order chi connectivity index (χ1) is 9.15. The van der Waals surface area contributed by atoms with Gasteiger partial charge in [-0.05, 0) is 24.5 Å². The molecular weight excluding hydrogens is 260 g/mol. The Balaban J connectivity index is 1.89. The van der Waals surface area contributed by atoms with Crippen LogP contribution in [-0.4, -0.2) is 22.6 Å². The van der Waals surface area contributed by atoms with Crippen LogP contribution in [0.5, 0.6) is 0 Å². The van der Waals surface area contributed by atoms with Crippen LogP contribution < -0.4 is 4.90 Å². The standard InChI is InChI=1S/C14H14N2O2S/c1-9-12(13(17)18)19-14(15-9)16-7-6-10-4-2-3-5-11(10)8-16/h2-5H,6-8H2,1H3,(H,17,18). The fourth-order valence-corrected chi connectivity index (χ4v) is 3.31. The van der Waals surface area contributed by atoms with Crippen LogP contribution in [0.25, 0.3) is 0 Å². The Hall–Kier alpha value is -1.88. The molecular formula is C14H14N2O2S. The van der Waals surface area contributed by atoms with Crippen molar-refractivity contribution in [3.63, 3.8) is 0 Å². The minimum absolute atomic E-state index is 0.342. The average Bonchev–Trinajstić information content (AvgIpc) is 2.80. The molecule has 2 aromatic rings. The van der Waals surface area contributed by atoms with E-state index in [9.17, 15) is 4.79 Å². The van der Waals surface area contributed by atoms with Gasteiger partial charge in [-0.2, -0.15) is 0 Å². The summed E-state index contributed by atoms with van der Waals surface area (Å²) in [6.07, 6.45) is 0.983. The van der Waals surface area contributed by atoms with Crippen LogP contribution in [0.3, 0.4) is 0 Å². The molecule has 2 heterocycles. The molecule has 0 spiro atoms. The highest BCUT2D eigenvalue weighted by Crippen LogP contribution is 2.30. The summed E-state index contributed by atoms with van der Waals surface area (Å²) in [5.41, 5.74) is 3.29. The maximum Gasteiger partial charge on any atom is 0.347 e. The number of aromatic carboxylic acids is 1. The molecule has 5 heteroatoms. The molecule has 0 amide bonds. The summed E-state index contributed by atoms with van der Waals surface area (Å²) >= 11 is 1.26. The van der Waals surface area contributed by atoms with Gasteiger partial charge >= 0.3 is 5.97 Å². The lowest BCUT2D eigenvalue weighted by Crippen LogP contribution is -2.30. The van der Waals surface area contributed by atoms with E-state index in [0.29, 0.717) is 10.6 Å². The van der Waals surface area contributed by atoms with Crippen molar-refractivity contribution in [3.8, 4) is 0 Å².